The van der Waals surface area contributed by atoms with Crippen LogP contribution in [0, 0.1) is 0 Å². The Morgan fingerprint density at radius 1 is 1.29 bits per heavy atom. The first-order chi connectivity index (χ1) is 13.1. The lowest BCUT2D eigenvalue weighted by molar-refractivity contribution is -0.0494. The molecule has 0 unspecified atom stereocenters. The minimum atomic E-state index is -5.26. The highest BCUT2D eigenvalue weighted by Crippen LogP contribution is 2.28. The van der Waals surface area contributed by atoms with E-state index in [1.807, 2.05) is 31.2 Å². The van der Waals surface area contributed by atoms with Crippen molar-refractivity contribution in [2.45, 2.75) is 37.7 Å². The van der Waals surface area contributed by atoms with E-state index in [0.717, 1.165) is 5.56 Å². The largest absolute Gasteiger partial charge is 0.511 e. The Bertz CT molecular complexity index is 779. The maximum Gasteiger partial charge on any atom is 0.511 e. The molecule has 1 aliphatic rings. The maximum atomic E-state index is 12.6. The molecule has 2 N–H and O–H groups in total. The summed E-state index contributed by atoms with van der Waals surface area (Å²) in [6.07, 6.45) is 1.19. The van der Waals surface area contributed by atoms with Gasteiger partial charge < -0.3 is 10.6 Å². The molecule has 2 rings (SSSR count). The van der Waals surface area contributed by atoms with Crippen molar-refractivity contribution < 1.29 is 21.6 Å². The van der Waals surface area contributed by atoms with Gasteiger partial charge in [-0.2, -0.15) is 17.5 Å². The molecule has 158 valence electrons. The third kappa shape index (κ3) is 5.99. The Balaban J connectivity index is 1.90. The minimum Gasteiger partial charge on any atom is -0.357 e. The summed E-state index contributed by atoms with van der Waals surface area (Å²) in [7, 11) is -5.26. The van der Waals surface area contributed by atoms with Gasteiger partial charge in [-0.05, 0) is 37.8 Å². The zero-order chi connectivity index (χ0) is 20.8. The highest BCUT2D eigenvalue weighted by atomic mass is 35.5. The summed E-state index contributed by atoms with van der Waals surface area (Å²) in [4.78, 5) is 4.47. The second-order valence-corrected chi connectivity index (χ2v) is 8.71. The monoisotopic (exact) mass is 440 g/mol. The van der Waals surface area contributed by atoms with Crippen molar-refractivity contribution in [1.29, 1.82) is 0 Å². The van der Waals surface area contributed by atoms with E-state index >= 15 is 0 Å². The molecule has 1 aromatic rings. The molecule has 0 amide bonds. The fourth-order valence-electron chi connectivity index (χ4n) is 2.89. The van der Waals surface area contributed by atoms with Crippen molar-refractivity contribution in [1.82, 2.24) is 14.9 Å². The van der Waals surface area contributed by atoms with Gasteiger partial charge in [0.15, 0.2) is 5.96 Å². The SMILES string of the molecule is CCNC(=NCCc1ccccc1Cl)NC1CCN(S(=O)(=O)C(F)(F)F)CC1. The quantitative estimate of drug-likeness (QED) is 0.527. The molecular weight excluding hydrogens is 417 g/mol. The number of alkyl halides is 3. The number of hydrogen-bond acceptors (Lipinski definition) is 3. The Morgan fingerprint density at radius 2 is 1.93 bits per heavy atom. The predicted octanol–water partition coefficient (Wildman–Crippen LogP) is 2.75. The summed E-state index contributed by atoms with van der Waals surface area (Å²) in [5.74, 6) is 0.548. The fraction of sp³-hybridized carbons (Fsp3) is 0.588. The van der Waals surface area contributed by atoms with E-state index < -0.39 is 15.5 Å². The topological polar surface area (TPSA) is 73.8 Å². The molecule has 0 saturated carbocycles. The van der Waals surface area contributed by atoms with Crippen LogP contribution in [0.15, 0.2) is 29.3 Å². The lowest BCUT2D eigenvalue weighted by atomic mass is 10.1. The van der Waals surface area contributed by atoms with Crippen molar-refractivity contribution in [3.8, 4) is 0 Å². The smallest absolute Gasteiger partial charge is 0.357 e. The molecule has 1 fully saturated rings. The zero-order valence-corrected chi connectivity index (χ0v) is 17.0. The van der Waals surface area contributed by atoms with Crippen LogP contribution in [0.2, 0.25) is 5.02 Å². The summed E-state index contributed by atoms with van der Waals surface area (Å²) in [6, 6.07) is 7.34. The molecule has 0 aromatic heterocycles. The van der Waals surface area contributed by atoms with Gasteiger partial charge in [0.2, 0.25) is 0 Å². The molecule has 0 aliphatic carbocycles. The number of rotatable bonds is 6. The molecule has 0 spiro atoms. The average Bonchev–Trinajstić information content (AvgIpc) is 2.63. The highest BCUT2D eigenvalue weighted by molar-refractivity contribution is 7.90. The first-order valence-electron chi connectivity index (χ1n) is 8.99. The molecule has 28 heavy (non-hydrogen) atoms. The molecule has 0 atom stereocenters. The van der Waals surface area contributed by atoms with Crippen LogP contribution >= 0.6 is 11.6 Å². The van der Waals surface area contributed by atoms with Crippen molar-refractivity contribution in [2.24, 2.45) is 4.99 Å². The normalized spacial score (nSPS) is 17.5. The van der Waals surface area contributed by atoms with Gasteiger partial charge in [-0.1, -0.05) is 29.8 Å². The Kier molecular flexibility index (Phi) is 7.97. The van der Waals surface area contributed by atoms with Gasteiger partial charge >= 0.3 is 15.5 Å². The third-order valence-electron chi connectivity index (χ3n) is 4.38. The van der Waals surface area contributed by atoms with Gasteiger partial charge in [-0.25, -0.2) is 8.42 Å². The van der Waals surface area contributed by atoms with E-state index in [-0.39, 0.29) is 32.0 Å². The number of aliphatic imine (C=N–C) groups is 1. The molecule has 1 aromatic carbocycles. The number of guanidine groups is 1. The summed E-state index contributed by atoms with van der Waals surface area (Å²) in [5.41, 5.74) is -4.28. The summed E-state index contributed by atoms with van der Waals surface area (Å²) in [5, 5.41) is 6.94. The highest BCUT2D eigenvalue weighted by Gasteiger charge is 2.50. The molecular formula is C17H24ClF3N4O2S. The standard InChI is InChI=1S/C17H24ClF3N4O2S/c1-2-22-16(23-10-7-13-5-3-4-6-15(13)18)24-14-8-11-25(12-9-14)28(26,27)17(19,20)21/h3-6,14H,2,7-12H2,1H3,(H2,22,23,24). The first-order valence-corrected chi connectivity index (χ1v) is 10.8. The molecule has 0 bridgehead atoms. The summed E-state index contributed by atoms with van der Waals surface area (Å²) >= 11 is 6.13. The van der Waals surface area contributed by atoms with Crippen LogP contribution in [-0.4, -0.2) is 56.4 Å². The number of halogens is 4. The number of piperidine rings is 1. The number of nitrogens with one attached hydrogen (secondary N) is 2. The van der Waals surface area contributed by atoms with Gasteiger partial charge in [-0.15, -0.1) is 0 Å². The lowest BCUT2D eigenvalue weighted by Crippen LogP contribution is -2.51. The van der Waals surface area contributed by atoms with Gasteiger partial charge in [0.1, 0.15) is 0 Å². The number of nitrogens with zero attached hydrogens (tertiary/aromatic N) is 2. The number of benzene rings is 1. The number of sulfonamides is 1. The van der Waals surface area contributed by atoms with E-state index in [1.165, 1.54) is 0 Å². The van der Waals surface area contributed by atoms with Crippen LogP contribution in [0.4, 0.5) is 13.2 Å². The van der Waals surface area contributed by atoms with Gasteiger partial charge in [0.25, 0.3) is 0 Å². The third-order valence-corrected chi connectivity index (χ3v) is 6.38. The Morgan fingerprint density at radius 3 is 2.50 bits per heavy atom. The molecule has 0 radical (unpaired) electrons. The summed E-state index contributed by atoms with van der Waals surface area (Å²) in [6.45, 7) is 2.65. The van der Waals surface area contributed by atoms with E-state index in [1.54, 1.807) is 0 Å². The van der Waals surface area contributed by atoms with Crippen molar-refractivity contribution in [2.75, 3.05) is 26.2 Å². The van der Waals surface area contributed by atoms with E-state index in [4.69, 9.17) is 11.6 Å². The number of hydrogen-bond donors (Lipinski definition) is 2. The van der Waals surface area contributed by atoms with Crippen molar-refractivity contribution >= 4 is 27.6 Å². The fourth-order valence-corrected chi connectivity index (χ4v) is 4.10. The molecule has 1 saturated heterocycles. The summed E-state index contributed by atoms with van der Waals surface area (Å²) < 4.78 is 61.4. The first kappa shape index (κ1) is 22.8. The van der Waals surface area contributed by atoms with E-state index in [2.05, 4.69) is 15.6 Å². The lowest BCUT2D eigenvalue weighted by Gasteiger charge is -2.32. The van der Waals surface area contributed by atoms with Gasteiger partial charge in [0.05, 0.1) is 0 Å². The van der Waals surface area contributed by atoms with Crippen LogP contribution in [0.3, 0.4) is 0 Å². The molecule has 1 aliphatic heterocycles. The maximum absolute atomic E-state index is 12.6. The Hall–Kier alpha value is -1.52. The average molecular weight is 441 g/mol. The van der Waals surface area contributed by atoms with Crippen molar-refractivity contribution in [3.05, 3.63) is 34.9 Å². The molecule has 6 nitrogen and oxygen atoms in total. The Labute approximate surface area is 168 Å². The zero-order valence-electron chi connectivity index (χ0n) is 15.5. The van der Waals surface area contributed by atoms with Crippen LogP contribution < -0.4 is 10.6 Å². The van der Waals surface area contributed by atoms with E-state index in [0.29, 0.717) is 34.8 Å². The van der Waals surface area contributed by atoms with Gasteiger partial charge in [0, 0.05) is 37.2 Å². The van der Waals surface area contributed by atoms with Crippen LogP contribution in [0.1, 0.15) is 25.3 Å². The molecule has 11 heteroatoms. The van der Waals surface area contributed by atoms with Crippen LogP contribution in [-0.2, 0) is 16.4 Å². The second-order valence-electron chi connectivity index (χ2n) is 6.37. The van der Waals surface area contributed by atoms with E-state index in [9.17, 15) is 21.6 Å². The second kappa shape index (κ2) is 9.80. The minimum absolute atomic E-state index is 0.155. The van der Waals surface area contributed by atoms with Crippen LogP contribution in [0.5, 0.6) is 0 Å². The predicted molar refractivity (Wildman–Crippen MR) is 104 cm³/mol. The van der Waals surface area contributed by atoms with Gasteiger partial charge in [-0.3, -0.25) is 4.99 Å². The van der Waals surface area contributed by atoms with Crippen LogP contribution in [0.25, 0.3) is 0 Å². The van der Waals surface area contributed by atoms with Crippen molar-refractivity contribution in [3.63, 3.8) is 0 Å². The molecule has 1 heterocycles.